The van der Waals surface area contributed by atoms with E-state index in [0.29, 0.717) is 0 Å². The SMILES string of the molecule is CC[C@H](NC(=O)/C=C/c1ccccc1)c1ccc(OC)c(C)c1. The lowest BCUT2D eigenvalue weighted by molar-refractivity contribution is -0.117. The predicted octanol–water partition coefficient (Wildman–Crippen LogP) is 4.28. The molecule has 0 fully saturated rings. The van der Waals surface area contributed by atoms with Crippen molar-refractivity contribution < 1.29 is 9.53 Å². The predicted molar refractivity (Wildman–Crippen MR) is 94.4 cm³/mol. The quantitative estimate of drug-likeness (QED) is 0.809. The van der Waals surface area contributed by atoms with Crippen molar-refractivity contribution in [2.24, 2.45) is 0 Å². The Morgan fingerprint density at radius 3 is 2.57 bits per heavy atom. The first kappa shape index (κ1) is 16.8. The summed E-state index contributed by atoms with van der Waals surface area (Å²) in [6, 6.07) is 15.8. The van der Waals surface area contributed by atoms with Crippen LogP contribution in [0.2, 0.25) is 0 Å². The molecular formula is C20H23NO2. The summed E-state index contributed by atoms with van der Waals surface area (Å²) in [5, 5.41) is 3.05. The Kier molecular flexibility index (Phi) is 5.98. The molecule has 0 bridgehead atoms. The molecule has 1 atom stereocenters. The van der Waals surface area contributed by atoms with Crippen LogP contribution in [0.1, 0.15) is 36.1 Å². The second kappa shape index (κ2) is 8.18. The molecule has 1 amide bonds. The molecule has 2 aromatic rings. The second-order valence-corrected chi connectivity index (χ2v) is 5.44. The van der Waals surface area contributed by atoms with Gasteiger partial charge in [-0.25, -0.2) is 0 Å². The molecule has 0 aromatic heterocycles. The highest BCUT2D eigenvalue weighted by molar-refractivity contribution is 5.92. The van der Waals surface area contributed by atoms with Gasteiger partial charge in [-0.05, 0) is 42.2 Å². The van der Waals surface area contributed by atoms with Crippen LogP contribution in [0.25, 0.3) is 6.08 Å². The number of aryl methyl sites for hydroxylation is 1. The van der Waals surface area contributed by atoms with E-state index in [0.717, 1.165) is 28.9 Å². The van der Waals surface area contributed by atoms with Crippen LogP contribution in [0, 0.1) is 6.92 Å². The van der Waals surface area contributed by atoms with Gasteiger partial charge < -0.3 is 10.1 Å². The van der Waals surface area contributed by atoms with Gasteiger partial charge >= 0.3 is 0 Å². The molecular weight excluding hydrogens is 286 g/mol. The Labute approximate surface area is 138 Å². The number of carbonyl (C=O) groups is 1. The van der Waals surface area contributed by atoms with Crippen molar-refractivity contribution in [2.45, 2.75) is 26.3 Å². The monoisotopic (exact) mass is 309 g/mol. The molecule has 0 saturated heterocycles. The number of ether oxygens (including phenoxy) is 1. The van der Waals surface area contributed by atoms with Gasteiger partial charge in [-0.3, -0.25) is 4.79 Å². The minimum atomic E-state index is -0.0887. The Hall–Kier alpha value is -2.55. The van der Waals surface area contributed by atoms with E-state index in [1.165, 1.54) is 0 Å². The maximum Gasteiger partial charge on any atom is 0.244 e. The number of methoxy groups -OCH3 is 1. The number of nitrogens with one attached hydrogen (secondary N) is 1. The van der Waals surface area contributed by atoms with Gasteiger partial charge in [0.25, 0.3) is 0 Å². The third kappa shape index (κ3) is 4.71. The minimum absolute atomic E-state index is 0.00692. The van der Waals surface area contributed by atoms with Crippen LogP contribution in [0.4, 0.5) is 0 Å². The second-order valence-electron chi connectivity index (χ2n) is 5.44. The molecule has 0 aliphatic carbocycles. The first-order valence-electron chi connectivity index (χ1n) is 7.82. The van der Waals surface area contributed by atoms with Gasteiger partial charge in [0.05, 0.1) is 13.2 Å². The summed E-state index contributed by atoms with van der Waals surface area (Å²) in [5.41, 5.74) is 3.17. The van der Waals surface area contributed by atoms with Gasteiger partial charge in [0.2, 0.25) is 5.91 Å². The van der Waals surface area contributed by atoms with Crippen LogP contribution in [0.15, 0.2) is 54.6 Å². The zero-order chi connectivity index (χ0) is 16.7. The van der Waals surface area contributed by atoms with Crippen LogP contribution in [0.5, 0.6) is 5.75 Å². The molecule has 0 aliphatic heterocycles. The van der Waals surface area contributed by atoms with Crippen molar-refractivity contribution in [3.63, 3.8) is 0 Å². The highest BCUT2D eigenvalue weighted by Crippen LogP contribution is 2.24. The molecule has 0 saturated carbocycles. The van der Waals surface area contributed by atoms with Crippen molar-refractivity contribution >= 4 is 12.0 Å². The van der Waals surface area contributed by atoms with Crippen LogP contribution in [0.3, 0.4) is 0 Å². The summed E-state index contributed by atoms with van der Waals surface area (Å²) in [6.07, 6.45) is 4.23. The summed E-state index contributed by atoms with van der Waals surface area (Å²) in [7, 11) is 1.66. The first-order valence-corrected chi connectivity index (χ1v) is 7.82. The van der Waals surface area contributed by atoms with Crippen molar-refractivity contribution in [2.75, 3.05) is 7.11 Å². The van der Waals surface area contributed by atoms with Gasteiger partial charge in [-0.15, -0.1) is 0 Å². The Balaban J connectivity index is 2.05. The number of hydrogen-bond acceptors (Lipinski definition) is 2. The zero-order valence-electron chi connectivity index (χ0n) is 13.9. The van der Waals surface area contributed by atoms with E-state index < -0.39 is 0 Å². The van der Waals surface area contributed by atoms with Crippen LogP contribution < -0.4 is 10.1 Å². The Bertz CT molecular complexity index is 677. The molecule has 0 heterocycles. The normalized spacial score (nSPS) is 12.1. The van der Waals surface area contributed by atoms with Crippen molar-refractivity contribution in [3.8, 4) is 5.75 Å². The fourth-order valence-electron chi connectivity index (χ4n) is 2.50. The lowest BCUT2D eigenvalue weighted by Crippen LogP contribution is -2.26. The molecule has 23 heavy (non-hydrogen) atoms. The van der Waals surface area contributed by atoms with E-state index in [1.54, 1.807) is 13.2 Å². The van der Waals surface area contributed by atoms with Gasteiger partial charge in [0.1, 0.15) is 5.75 Å². The van der Waals surface area contributed by atoms with Crippen LogP contribution in [-0.4, -0.2) is 13.0 Å². The molecule has 0 unspecified atom stereocenters. The number of rotatable bonds is 6. The lowest BCUT2D eigenvalue weighted by Gasteiger charge is -2.18. The van der Waals surface area contributed by atoms with E-state index in [1.807, 2.05) is 55.5 Å². The molecule has 3 heteroatoms. The molecule has 0 radical (unpaired) electrons. The van der Waals surface area contributed by atoms with Crippen molar-refractivity contribution in [1.82, 2.24) is 5.32 Å². The highest BCUT2D eigenvalue weighted by Gasteiger charge is 2.12. The van der Waals surface area contributed by atoms with Gasteiger partial charge in [0.15, 0.2) is 0 Å². The van der Waals surface area contributed by atoms with E-state index in [-0.39, 0.29) is 11.9 Å². The summed E-state index contributed by atoms with van der Waals surface area (Å²) >= 11 is 0. The summed E-state index contributed by atoms with van der Waals surface area (Å²) in [4.78, 5) is 12.1. The first-order chi connectivity index (χ1) is 11.1. The van der Waals surface area contributed by atoms with Crippen molar-refractivity contribution in [3.05, 3.63) is 71.3 Å². The average Bonchev–Trinajstić information content (AvgIpc) is 2.58. The topological polar surface area (TPSA) is 38.3 Å². The minimum Gasteiger partial charge on any atom is -0.496 e. The van der Waals surface area contributed by atoms with Crippen LogP contribution in [-0.2, 0) is 4.79 Å². The maximum absolute atomic E-state index is 12.1. The molecule has 0 aliphatic rings. The fraction of sp³-hybridized carbons (Fsp3) is 0.250. The molecule has 3 nitrogen and oxygen atoms in total. The van der Waals surface area contributed by atoms with Gasteiger partial charge in [0, 0.05) is 6.08 Å². The van der Waals surface area contributed by atoms with Gasteiger partial charge in [-0.2, -0.15) is 0 Å². The number of amides is 1. The maximum atomic E-state index is 12.1. The third-order valence-corrected chi connectivity index (χ3v) is 3.77. The zero-order valence-corrected chi connectivity index (χ0v) is 13.9. The Morgan fingerprint density at radius 1 is 1.22 bits per heavy atom. The molecule has 2 aromatic carbocycles. The standard InChI is InChI=1S/C20H23NO2/c1-4-18(17-11-12-19(23-3)15(2)14-17)21-20(22)13-10-16-8-6-5-7-9-16/h5-14,18H,4H2,1-3H3,(H,21,22)/b13-10+/t18-/m0/s1. The molecule has 0 spiro atoms. The highest BCUT2D eigenvalue weighted by atomic mass is 16.5. The number of carbonyl (C=O) groups excluding carboxylic acids is 1. The van der Waals surface area contributed by atoms with E-state index in [4.69, 9.17) is 4.74 Å². The van der Waals surface area contributed by atoms with E-state index >= 15 is 0 Å². The molecule has 2 rings (SSSR count). The fourth-order valence-corrected chi connectivity index (χ4v) is 2.50. The van der Waals surface area contributed by atoms with E-state index in [2.05, 4.69) is 18.3 Å². The lowest BCUT2D eigenvalue weighted by atomic mass is 10.0. The molecule has 1 N–H and O–H groups in total. The summed E-state index contributed by atoms with van der Waals surface area (Å²) in [5.74, 6) is 0.771. The average molecular weight is 309 g/mol. The summed E-state index contributed by atoms with van der Waals surface area (Å²) < 4.78 is 5.28. The van der Waals surface area contributed by atoms with Crippen molar-refractivity contribution in [1.29, 1.82) is 0 Å². The molecule has 120 valence electrons. The summed E-state index contributed by atoms with van der Waals surface area (Å²) in [6.45, 7) is 4.07. The van der Waals surface area contributed by atoms with E-state index in [9.17, 15) is 4.79 Å². The van der Waals surface area contributed by atoms with Crippen LogP contribution >= 0.6 is 0 Å². The Morgan fingerprint density at radius 2 is 1.96 bits per heavy atom. The largest absolute Gasteiger partial charge is 0.496 e. The van der Waals surface area contributed by atoms with Gasteiger partial charge in [-0.1, -0.05) is 49.4 Å². The number of benzene rings is 2. The smallest absolute Gasteiger partial charge is 0.244 e. The third-order valence-electron chi connectivity index (χ3n) is 3.77. The number of hydrogen-bond donors (Lipinski definition) is 1.